The van der Waals surface area contributed by atoms with Crippen molar-refractivity contribution in [2.45, 2.75) is 12.8 Å². The van der Waals surface area contributed by atoms with Crippen LogP contribution in [0.2, 0.25) is 0 Å². The first kappa shape index (κ1) is 11.0. The third-order valence-electron chi connectivity index (χ3n) is 3.37. The lowest BCUT2D eigenvalue weighted by molar-refractivity contribution is 0.0795. The highest BCUT2D eigenvalue weighted by molar-refractivity contribution is 6.07. The van der Waals surface area contributed by atoms with Crippen LogP contribution in [0.4, 0.5) is 0 Å². The number of carbonyl (C=O) groups is 1. The van der Waals surface area contributed by atoms with Gasteiger partial charge in [-0.25, -0.2) is 0 Å². The van der Waals surface area contributed by atoms with Crippen LogP contribution in [-0.4, -0.2) is 34.0 Å². The van der Waals surface area contributed by atoms with Gasteiger partial charge in [-0.15, -0.1) is 0 Å². The van der Waals surface area contributed by atoms with Crippen LogP contribution in [-0.2, 0) is 0 Å². The fourth-order valence-corrected chi connectivity index (χ4v) is 2.43. The molecule has 1 aliphatic rings. The molecule has 0 bridgehead atoms. The lowest BCUT2D eigenvalue weighted by Gasteiger charge is -2.16. The largest absolute Gasteiger partial charge is 0.506 e. The van der Waals surface area contributed by atoms with E-state index < -0.39 is 0 Å². The van der Waals surface area contributed by atoms with Gasteiger partial charge < -0.3 is 10.0 Å². The molecule has 92 valence electrons. The number of nitrogens with zero attached hydrogens (tertiary/aromatic N) is 2. The highest BCUT2D eigenvalue weighted by atomic mass is 16.3. The van der Waals surface area contributed by atoms with E-state index in [4.69, 9.17) is 0 Å². The number of hydrogen-bond donors (Lipinski definition) is 1. The minimum absolute atomic E-state index is 0.0329. The SMILES string of the molecule is O=C(c1ccc(O)c2ncccc12)N1CCCC1. The van der Waals surface area contributed by atoms with Gasteiger partial charge >= 0.3 is 0 Å². The number of aromatic nitrogens is 1. The number of pyridine rings is 1. The van der Waals surface area contributed by atoms with E-state index in [0.29, 0.717) is 11.1 Å². The Bertz CT molecular complexity index is 604. The van der Waals surface area contributed by atoms with Crippen molar-refractivity contribution in [1.82, 2.24) is 9.88 Å². The first-order valence-corrected chi connectivity index (χ1v) is 6.13. The standard InChI is InChI=1S/C14H14N2O2/c17-12-6-5-11(10-4-3-7-15-13(10)12)14(18)16-8-1-2-9-16/h3-7,17H,1-2,8-9H2. The number of aromatic hydroxyl groups is 1. The number of phenolic OH excluding ortho intramolecular Hbond substituents is 1. The molecule has 1 fully saturated rings. The number of carbonyl (C=O) groups excluding carboxylic acids is 1. The van der Waals surface area contributed by atoms with Gasteiger partial charge in [0.2, 0.25) is 0 Å². The van der Waals surface area contributed by atoms with Gasteiger partial charge in [-0.05, 0) is 31.0 Å². The summed E-state index contributed by atoms with van der Waals surface area (Å²) >= 11 is 0. The van der Waals surface area contributed by atoms with Crippen LogP contribution >= 0.6 is 0 Å². The van der Waals surface area contributed by atoms with E-state index in [1.54, 1.807) is 24.4 Å². The Balaban J connectivity index is 2.11. The number of rotatable bonds is 1. The molecule has 2 heterocycles. The van der Waals surface area contributed by atoms with Crippen molar-refractivity contribution in [2.24, 2.45) is 0 Å². The maximum absolute atomic E-state index is 12.4. The van der Waals surface area contributed by atoms with Crippen molar-refractivity contribution in [2.75, 3.05) is 13.1 Å². The minimum Gasteiger partial charge on any atom is -0.506 e. The second kappa shape index (κ2) is 4.29. The zero-order valence-corrected chi connectivity index (χ0v) is 9.97. The number of likely N-dealkylation sites (tertiary alicyclic amines) is 1. The summed E-state index contributed by atoms with van der Waals surface area (Å²) in [5, 5.41) is 10.5. The third-order valence-corrected chi connectivity index (χ3v) is 3.37. The smallest absolute Gasteiger partial charge is 0.254 e. The van der Waals surface area contributed by atoms with Crippen LogP contribution in [0.1, 0.15) is 23.2 Å². The summed E-state index contributed by atoms with van der Waals surface area (Å²) in [6.07, 6.45) is 3.76. The first-order chi connectivity index (χ1) is 8.77. The average Bonchev–Trinajstić information content (AvgIpc) is 2.93. The topological polar surface area (TPSA) is 53.4 Å². The van der Waals surface area contributed by atoms with E-state index in [1.807, 2.05) is 11.0 Å². The summed E-state index contributed by atoms with van der Waals surface area (Å²) < 4.78 is 0. The number of benzene rings is 1. The summed E-state index contributed by atoms with van der Waals surface area (Å²) in [5.41, 5.74) is 1.11. The molecule has 0 saturated carbocycles. The second-order valence-corrected chi connectivity index (χ2v) is 4.53. The molecule has 0 aliphatic carbocycles. The van der Waals surface area contributed by atoms with Crippen LogP contribution in [0.15, 0.2) is 30.5 Å². The maximum Gasteiger partial charge on any atom is 0.254 e. The zero-order chi connectivity index (χ0) is 12.5. The molecule has 1 N–H and O–H groups in total. The van der Waals surface area contributed by atoms with Gasteiger partial charge in [-0.3, -0.25) is 9.78 Å². The summed E-state index contributed by atoms with van der Waals surface area (Å²) in [5.74, 6) is 0.147. The van der Waals surface area contributed by atoms with E-state index in [2.05, 4.69) is 4.98 Å². The molecule has 1 aliphatic heterocycles. The quantitative estimate of drug-likeness (QED) is 0.833. The van der Waals surface area contributed by atoms with Crippen molar-refractivity contribution in [3.8, 4) is 5.75 Å². The molecule has 1 aromatic carbocycles. The number of fused-ring (bicyclic) bond motifs is 1. The second-order valence-electron chi connectivity index (χ2n) is 4.53. The van der Waals surface area contributed by atoms with Crippen molar-refractivity contribution >= 4 is 16.8 Å². The van der Waals surface area contributed by atoms with Gasteiger partial charge in [0.05, 0.1) is 0 Å². The Morgan fingerprint density at radius 3 is 2.78 bits per heavy atom. The van der Waals surface area contributed by atoms with Gasteiger partial charge in [0.1, 0.15) is 11.3 Å². The van der Waals surface area contributed by atoms with Crippen molar-refractivity contribution in [3.63, 3.8) is 0 Å². The van der Waals surface area contributed by atoms with Crippen molar-refractivity contribution < 1.29 is 9.90 Å². The number of hydrogen-bond acceptors (Lipinski definition) is 3. The maximum atomic E-state index is 12.4. The molecular weight excluding hydrogens is 228 g/mol. The van der Waals surface area contributed by atoms with E-state index in [1.165, 1.54) is 0 Å². The minimum atomic E-state index is 0.0329. The summed E-state index contributed by atoms with van der Waals surface area (Å²) in [6, 6.07) is 6.83. The van der Waals surface area contributed by atoms with Crippen LogP contribution < -0.4 is 0 Å². The summed E-state index contributed by atoms with van der Waals surface area (Å²) in [6.45, 7) is 1.64. The third kappa shape index (κ3) is 1.70. The Morgan fingerprint density at radius 2 is 2.00 bits per heavy atom. The van der Waals surface area contributed by atoms with Crippen molar-refractivity contribution in [1.29, 1.82) is 0 Å². The van der Waals surface area contributed by atoms with Crippen molar-refractivity contribution in [3.05, 3.63) is 36.0 Å². The highest BCUT2D eigenvalue weighted by Crippen LogP contribution is 2.27. The fraction of sp³-hybridized carbons (Fsp3) is 0.286. The Kier molecular flexibility index (Phi) is 2.63. The molecule has 1 aromatic heterocycles. The molecule has 18 heavy (non-hydrogen) atoms. The molecule has 3 rings (SSSR count). The predicted octanol–water partition coefficient (Wildman–Crippen LogP) is 2.18. The molecule has 2 aromatic rings. The molecule has 1 amide bonds. The zero-order valence-electron chi connectivity index (χ0n) is 9.97. The molecule has 0 unspecified atom stereocenters. The van der Waals surface area contributed by atoms with Crippen LogP contribution in [0.5, 0.6) is 5.75 Å². The first-order valence-electron chi connectivity index (χ1n) is 6.13. The fourth-order valence-electron chi connectivity index (χ4n) is 2.43. The molecule has 1 saturated heterocycles. The number of amides is 1. The lowest BCUT2D eigenvalue weighted by atomic mass is 10.1. The average molecular weight is 242 g/mol. The number of phenols is 1. The van der Waals surface area contributed by atoms with Crippen LogP contribution in [0.3, 0.4) is 0 Å². The van der Waals surface area contributed by atoms with Gasteiger partial charge in [0.15, 0.2) is 0 Å². The molecule has 4 nitrogen and oxygen atoms in total. The normalized spacial score (nSPS) is 15.2. The lowest BCUT2D eigenvalue weighted by Crippen LogP contribution is -2.27. The van der Waals surface area contributed by atoms with E-state index in [-0.39, 0.29) is 11.7 Å². The monoisotopic (exact) mass is 242 g/mol. The highest BCUT2D eigenvalue weighted by Gasteiger charge is 2.21. The Labute approximate surface area is 105 Å². The Morgan fingerprint density at radius 1 is 1.22 bits per heavy atom. The van der Waals surface area contributed by atoms with Gasteiger partial charge in [-0.1, -0.05) is 6.07 Å². The molecule has 4 heteroatoms. The molecule has 0 atom stereocenters. The van der Waals surface area contributed by atoms with Gasteiger partial charge in [0.25, 0.3) is 5.91 Å². The molecular formula is C14H14N2O2. The van der Waals surface area contributed by atoms with Crippen LogP contribution in [0.25, 0.3) is 10.9 Å². The molecule has 0 spiro atoms. The summed E-state index contributed by atoms with van der Waals surface area (Å²) in [7, 11) is 0. The predicted molar refractivity (Wildman–Crippen MR) is 68.5 cm³/mol. The van der Waals surface area contributed by atoms with Gasteiger partial charge in [-0.2, -0.15) is 0 Å². The van der Waals surface area contributed by atoms with Crippen LogP contribution in [0, 0.1) is 0 Å². The van der Waals surface area contributed by atoms with E-state index in [9.17, 15) is 9.90 Å². The van der Waals surface area contributed by atoms with E-state index >= 15 is 0 Å². The van der Waals surface area contributed by atoms with Gasteiger partial charge in [0, 0.05) is 30.2 Å². The summed E-state index contributed by atoms with van der Waals surface area (Å²) in [4.78, 5) is 18.4. The molecule has 0 radical (unpaired) electrons. The van der Waals surface area contributed by atoms with E-state index in [0.717, 1.165) is 31.3 Å². The Hall–Kier alpha value is -2.10.